The zero-order chi connectivity index (χ0) is 13.2. The van der Waals surface area contributed by atoms with Crippen molar-refractivity contribution >= 4 is 7.44 Å². The molecule has 0 aliphatic heterocycles. The Kier molecular flexibility index (Phi) is 3.40. The van der Waals surface area contributed by atoms with Crippen molar-refractivity contribution in [2.75, 3.05) is 0 Å². The third kappa shape index (κ3) is 2.13. The molecule has 3 nitrogen and oxygen atoms in total. The van der Waals surface area contributed by atoms with Crippen LogP contribution in [0, 0.1) is 0 Å². The Morgan fingerprint density at radius 2 is 1.17 bits per heavy atom. The summed E-state index contributed by atoms with van der Waals surface area (Å²) in [5, 5.41) is -0.866. The molecule has 0 radical (unpaired) electrons. The highest BCUT2D eigenvalue weighted by Gasteiger charge is 2.42. The summed E-state index contributed by atoms with van der Waals surface area (Å²) in [6.07, 6.45) is 0. The Bertz CT molecular complexity index is 523. The average Bonchev–Trinajstić information content (AvgIpc) is 2.38. The van der Waals surface area contributed by atoms with Gasteiger partial charge in [-0.2, -0.15) is 0 Å². The van der Waals surface area contributed by atoms with E-state index in [0.29, 0.717) is 0 Å². The van der Waals surface area contributed by atoms with Crippen molar-refractivity contribution in [3.8, 4) is 0 Å². The second-order valence-corrected chi connectivity index (χ2v) is 6.83. The second-order valence-electron chi connectivity index (χ2n) is 4.51. The Morgan fingerprint density at radius 3 is 1.44 bits per heavy atom. The van der Waals surface area contributed by atoms with E-state index in [4.69, 9.17) is 11.0 Å². The fourth-order valence-electron chi connectivity index (χ4n) is 2.10. The van der Waals surface area contributed by atoms with E-state index in [1.807, 2.05) is 67.6 Å². The number of hydrogen-bond acceptors (Lipinski definition) is 1. The molecule has 18 heavy (non-hydrogen) atoms. The van der Waals surface area contributed by atoms with Gasteiger partial charge >= 0.3 is 0 Å². The fraction of sp³-hybridized carbons (Fsp3) is 0.143. The van der Waals surface area contributed by atoms with Gasteiger partial charge in [0.2, 0.25) is 7.44 Å². The van der Waals surface area contributed by atoms with Gasteiger partial charge in [0, 0.05) is 0 Å². The summed E-state index contributed by atoms with van der Waals surface area (Å²) in [5.74, 6) is 0. The molecule has 0 amide bonds. The molecule has 0 bridgehead atoms. The normalized spacial score (nSPS) is 12.4. The highest BCUT2D eigenvalue weighted by Crippen LogP contribution is 2.55. The lowest BCUT2D eigenvalue weighted by molar-refractivity contribution is 0.553. The van der Waals surface area contributed by atoms with E-state index in [1.54, 1.807) is 0 Å². The molecule has 0 heterocycles. The minimum Gasteiger partial charge on any atom is -0.288 e. The maximum absolute atomic E-state index is 12.4. The summed E-state index contributed by atoms with van der Waals surface area (Å²) in [6, 6.07) is 19.0. The predicted octanol–water partition coefficient (Wildman–Crippen LogP) is 3.06. The molecule has 0 saturated carbocycles. The SMILES string of the molecule is CC(c1ccccc1)(c1ccccc1)P(N)(N)=O. The molecule has 0 unspecified atom stereocenters. The van der Waals surface area contributed by atoms with Gasteiger partial charge in [0.15, 0.2) is 0 Å². The number of hydrogen-bond donors (Lipinski definition) is 2. The first-order valence-corrected chi connectivity index (χ1v) is 7.59. The molecule has 2 rings (SSSR count). The van der Waals surface area contributed by atoms with Crippen LogP contribution in [0.1, 0.15) is 18.1 Å². The summed E-state index contributed by atoms with van der Waals surface area (Å²) in [7, 11) is -3.33. The van der Waals surface area contributed by atoms with Crippen molar-refractivity contribution in [1.29, 1.82) is 0 Å². The molecular weight excluding hydrogens is 243 g/mol. The minimum atomic E-state index is -3.33. The van der Waals surface area contributed by atoms with Crippen molar-refractivity contribution in [2.45, 2.75) is 12.1 Å². The van der Waals surface area contributed by atoms with Crippen LogP contribution in [0.5, 0.6) is 0 Å². The fourth-order valence-corrected chi connectivity index (χ4v) is 3.20. The van der Waals surface area contributed by atoms with E-state index < -0.39 is 12.6 Å². The molecule has 0 atom stereocenters. The summed E-state index contributed by atoms with van der Waals surface area (Å²) in [6.45, 7) is 1.83. The zero-order valence-corrected chi connectivity index (χ0v) is 11.2. The van der Waals surface area contributed by atoms with E-state index in [0.717, 1.165) is 11.1 Å². The monoisotopic (exact) mass is 260 g/mol. The van der Waals surface area contributed by atoms with Crippen molar-refractivity contribution < 1.29 is 4.57 Å². The molecule has 0 aromatic heterocycles. The van der Waals surface area contributed by atoms with Gasteiger partial charge in [-0.3, -0.25) is 15.6 Å². The van der Waals surface area contributed by atoms with Crippen LogP contribution in [-0.2, 0) is 9.72 Å². The van der Waals surface area contributed by atoms with E-state index in [2.05, 4.69) is 0 Å². The van der Waals surface area contributed by atoms with Crippen LogP contribution in [0.3, 0.4) is 0 Å². The van der Waals surface area contributed by atoms with Gasteiger partial charge in [-0.15, -0.1) is 0 Å². The molecule has 0 fully saturated rings. The smallest absolute Gasteiger partial charge is 0.220 e. The number of rotatable bonds is 3. The minimum absolute atomic E-state index is 0.865. The van der Waals surface area contributed by atoms with E-state index in [-0.39, 0.29) is 0 Å². The number of benzene rings is 2. The van der Waals surface area contributed by atoms with Crippen LogP contribution in [0.4, 0.5) is 0 Å². The quantitative estimate of drug-likeness (QED) is 0.833. The van der Waals surface area contributed by atoms with E-state index in [1.165, 1.54) is 0 Å². The average molecular weight is 260 g/mol. The van der Waals surface area contributed by atoms with Gasteiger partial charge in [0.25, 0.3) is 0 Å². The summed E-state index contributed by atoms with van der Waals surface area (Å²) < 4.78 is 12.4. The number of nitrogens with two attached hydrogens (primary N) is 2. The maximum atomic E-state index is 12.4. The molecule has 0 spiro atoms. The highest BCUT2D eigenvalue weighted by molar-refractivity contribution is 7.60. The van der Waals surface area contributed by atoms with Crippen molar-refractivity contribution in [2.24, 2.45) is 11.0 Å². The van der Waals surface area contributed by atoms with Crippen molar-refractivity contribution in [3.63, 3.8) is 0 Å². The third-order valence-corrected chi connectivity index (χ3v) is 5.29. The molecule has 94 valence electrons. The van der Waals surface area contributed by atoms with Crippen LogP contribution >= 0.6 is 7.44 Å². The standard InChI is InChI=1S/C14H17N2OP/c1-14(18(15,16)17,12-8-4-2-5-9-12)13-10-6-3-7-11-13/h2-11H,1H3,(H4,15,16,17). The molecule has 0 aliphatic rings. The largest absolute Gasteiger partial charge is 0.288 e. The first-order valence-electron chi connectivity index (χ1n) is 5.74. The topological polar surface area (TPSA) is 69.1 Å². The van der Waals surface area contributed by atoms with Gasteiger partial charge in [0.05, 0.1) is 5.16 Å². The van der Waals surface area contributed by atoms with Gasteiger partial charge in [0.1, 0.15) is 0 Å². The van der Waals surface area contributed by atoms with Crippen molar-refractivity contribution in [1.82, 2.24) is 0 Å². The van der Waals surface area contributed by atoms with Gasteiger partial charge in [-0.25, -0.2) is 0 Å². The third-order valence-electron chi connectivity index (χ3n) is 3.37. The lowest BCUT2D eigenvalue weighted by atomic mass is 9.92. The molecular formula is C14H17N2OP. The van der Waals surface area contributed by atoms with Crippen LogP contribution in [0.2, 0.25) is 0 Å². The molecule has 0 aliphatic carbocycles. The summed E-state index contributed by atoms with van der Waals surface area (Å²) in [5.41, 5.74) is 13.4. The van der Waals surface area contributed by atoms with Gasteiger partial charge in [-0.1, -0.05) is 60.7 Å². The lowest BCUT2D eigenvalue weighted by Crippen LogP contribution is -2.31. The Hall–Kier alpha value is -1.41. The van der Waals surface area contributed by atoms with Gasteiger partial charge in [-0.05, 0) is 18.1 Å². The Morgan fingerprint density at radius 1 is 0.833 bits per heavy atom. The first-order chi connectivity index (χ1) is 8.46. The van der Waals surface area contributed by atoms with Crippen LogP contribution in [0.15, 0.2) is 60.7 Å². The molecule has 2 aromatic carbocycles. The van der Waals surface area contributed by atoms with Crippen LogP contribution < -0.4 is 11.0 Å². The zero-order valence-electron chi connectivity index (χ0n) is 10.3. The summed E-state index contributed by atoms with van der Waals surface area (Å²) >= 11 is 0. The molecule has 0 saturated heterocycles. The van der Waals surface area contributed by atoms with E-state index in [9.17, 15) is 4.57 Å². The van der Waals surface area contributed by atoms with Crippen molar-refractivity contribution in [3.05, 3.63) is 71.8 Å². The Balaban J connectivity index is 2.67. The van der Waals surface area contributed by atoms with E-state index >= 15 is 0 Å². The lowest BCUT2D eigenvalue weighted by Gasteiger charge is -2.33. The molecule has 2 aromatic rings. The van der Waals surface area contributed by atoms with Crippen LogP contribution in [0.25, 0.3) is 0 Å². The molecule has 4 N–H and O–H groups in total. The highest BCUT2D eigenvalue weighted by atomic mass is 31.2. The Labute approximate surface area is 107 Å². The molecule has 4 heteroatoms. The van der Waals surface area contributed by atoms with Crippen LogP contribution in [-0.4, -0.2) is 0 Å². The van der Waals surface area contributed by atoms with Gasteiger partial charge < -0.3 is 0 Å². The second kappa shape index (κ2) is 4.69. The predicted molar refractivity (Wildman–Crippen MR) is 75.3 cm³/mol. The first kappa shape index (κ1) is 13.0. The summed E-state index contributed by atoms with van der Waals surface area (Å²) in [4.78, 5) is 0. The maximum Gasteiger partial charge on any atom is 0.220 e.